The smallest absolute Gasteiger partial charge is 0.258 e. The number of anilines is 1. The van der Waals surface area contributed by atoms with Gasteiger partial charge in [-0.3, -0.25) is 4.79 Å². The number of carbonyl (C=O) groups is 1. The number of ether oxygens (including phenoxy) is 1. The molecule has 0 aliphatic rings. The molecule has 2 rings (SSSR count). The van der Waals surface area contributed by atoms with Crippen LogP contribution in [0.15, 0.2) is 52.9 Å². The Bertz CT molecular complexity index is 644. The molecule has 0 fully saturated rings. The number of allylic oxidation sites excluding steroid dienone is 1. The van der Waals surface area contributed by atoms with E-state index >= 15 is 0 Å². The Labute approximate surface area is 128 Å². The van der Waals surface area contributed by atoms with Crippen LogP contribution in [0.3, 0.4) is 0 Å². The summed E-state index contributed by atoms with van der Waals surface area (Å²) >= 11 is 6.07. The van der Waals surface area contributed by atoms with Gasteiger partial charge in [0.25, 0.3) is 5.91 Å². The van der Waals surface area contributed by atoms with Crippen LogP contribution in [0.2, 0.25) is 5.02 Å². The zero-order valence-electron chi connectivity index (χ0n) is 11.9. The molecule has 0 bridgehead atoms. The number of amides is 1. The van der Waals surface area contributed by atoms with Crippen LogP contribution in [0.25, 0.3) is 0 Å². The first-order valence-electron chi connectivity index (χ1n) is 6.45. The molecule has 0 radical (unpaired) electrons. The molecule has 110 valence electrons. The summed E-state index contributed by atoms with van der Waals surface area (Å²) in [5, 5.41) is 3.26. The summed E-state index contributed by atoms with van der Waals surface area (Å²) in [5.74, 6) is 0.278. The van der Waals surface area contributed by atoms with E-state index < -0.39 is 0 Å². The summed E-state index contributed by atoms with van der Waals surface area (Å²) in [6.45, 7) is 4.42. The number of furan rings is 1. The summed E-state index contributed by atoms with van der Waals surface area (Å²) in [7, 11) is 0. The highest BCUT2D eigenvalue weighted by atomic mass is 35.5. The molecular formula is C16H16ClNO3. The third kappa shape index (κ3) is 4.39. The average molecular weight is 306 g/mol. The number of halogens is 1. The van der Waals surface area contributed by atoms with E-state index in [2.05, 4.69) is 5.32 Å². The minimum absolute atomic E-state index is 0.249. The number of nitrogens with one attached hydrogen (secondary N) is 1. The van der Waals surface area contributed by atoms with Crippen molar-refractivity contribution in [2.75, 3.05) is 11.9 Å². The molecule has 2 aromatic rings. The van der Waals surface area contributed by atoms with Crippen molar-refractivity contribution in [1.82, 2.24) is 0 Å². The normalized spacial score (nSPS) is 10.0. The number of rotatable bonds is 5. The van der Waals surface area contributed by atoms with Crippen molar-refractivity contribution in [2.24, 2.45) is 0 Å². The Balaban J connectivity index is 2.07. The van der Waals surface area contributed by atoms with E-state index in [1.165, 1.54) is 12.5 Å². The Morgan fingerprint density at radius 1 is 1.38 bits per heavy atom. The van der Waals surface area contributed by atoms with Crippen molar-refractivity contribution >= 4 is 23.2 Å². The minimum Gasteiger partial charge on any atom is -0.488 e. The van der Waals surface area contributed by atoms with Crippen molar-refractivity contribution in [2.45, 2.75) is 13.8 Å². The number of carbonyl (C=O) groups excluding carboxylic acids is 1. The Hall–Kier alpha value is -2.20. The molecule has 0 spiro atoms. The lowest BCUT2D eigenvalue weighted by Crippen LogP contribution is -2.10. The standard InChI is InChI=1S/C16H16ClNO3/c1-11(2)5-8-21-15-9-13(3-4-14(15)17)18-16(19)12-6-7-20-10-12/h3-7,9-10H,8H2,1-2H3,(H,18,19). The topological polar surface area (TPSA) is 51.5 Å². The highest BCUT2D eigenvalue weighted by molar-refractivity contribution is 6.32. The van der Waals surface area contributed by atoms with Crippen LogP contribution in [0.1, 0.15) is 24.2 Å². The van der Waals surface area contributed by atoms with Crippen LogP contribution >= 0.6 is 11.6 Å². The summed E-state index contributed by atoms with van der Waals surface area (Å²) in [6, 6.07) is 6.69. The maximum Gasteiger partial charge on any atom is 0.258 e. The van der Waals surface area contributed by atoms with Crippen LogP contribution in [0.4, 0.5) is 5.69 Å². The predicted molar refractivity (Wildman–Crippen MR) is 83.0 cm³/mol. The lowest BCUT2D eigenvalue weighted by Gasteiger charge is -2.09. The molecule has 1 N–H and O–H groups in total. The molecule has 0 saturated heterocycles. The van der Waals surface area contributed by atoms with Gasteiger partial charge in [-0.25, -0.2) is 0 Å². The van der Waals surface area contributed by atoms with Crippen LogP contribution in [0.5, 0.6) is 5.75 Å². The van der Waals surface area contributed by atoms with E-state index in [1.54, 1.807) is 24.3 Å². The summed E-state index contributed by atoms with van der Waals surface area (Å²) in [5.41, 5.74) is 2.23. The first-order chi connectivity index (χ1) is 10.1. The van der Waals surface area contributed by atoms with Crippen LogP contribution in [0, 0.1) is 0 Å². The molecule has 1 amide bonds. The minimum atomic E-state index is -0.249. The molecule has 1 aromatic carbocycles. The molecule has 0 unspecified atom stereocenters. The van der Waals surface area contributed by atoms with Crippen LogP contribution in [-0.4, -0.2) is 12.5 Å². The molecule has 0 saturated carbocycles. The van der Waals surface area contributed by atoms with Gasteiger partial charge < -0.3 is 14.5 Å². The van der Waals surface area contributed by atoms with Crippen molar-refractivity contribution in [3.63, 3.8) is 0 Å². The number of benzene rings is 1. The SMILES string of the molecule is CC(C)=CCOc1cc(NC(=O)c2ccoc2)ccc1Cl. The molecule has 0 aliphatic heterocycles. The average Bonchev–Trinajstić information content (AvgIpc) is 2.96. The largest absolute Gasteiger partial charge is 0.488 e. The maximum atomic E-state index is 11.9. The van der Waals surface area contributed by atoms with Gasteiger partial charge in [0.1, 0.15) is 18.6 Å². The van der Waals surface area contributed by atoms with Gasteiger partial charge in [-0.1, -0.05) is 17.2 Å². The highest BCUT2D eigenvalue weighted by Gasteiger charge is 2.09. The molecular weight excluding hydrogens is 290 g/mol. The fourth-order valence-electron chi connectivity index (χ4n) is 1.59. The first kappa shape index (κ1) is 15.2. The third-order valence-electron chi connectivity index (χ3n) is 2.70. The molecule has 0 aliphatic carbocycles. The van der Waals surface area contributed by atoms with Crippen molar-refractivity contribution in [3.05, 3.63) is 59.0 Å². The van der Waals surface area contributed by atoms with Gasteiger partial charge in [-0.15, -0.1) is 0 Å². The second-order valence-corrected chi connectivity index (χ2v) is 5.11. The predicted octanol–water partition coefficient (Wildman–Crippen LogP) is 4.53. The van der Waals surface area contributed by atoms with E-state index in [1.807, 2.05) is 19.9 Å². The van der Waals surface area contributed by atoms with Gasteiger partial charge >= 0.3 is 0 Å². The van der Waals surface area contributed by atoms with E-state index in [-0.39, 0.29) is 5.91 Å². The van der Waals surface area contributed by atoms with Gasteiger partial charge in [-0.2, -0.15) is 0 Å². The van der Waals surface area contributed by atoms with E-state index in [9.17, 15) is 4.79 Å². The van der Waals surface area contributed by atoms with E-state index in [0.29, 0.717) is 28.6 Å². The fourth-order valence-corrected chi connectivity index (χ4v) is 1.76. The molecule has 0 atom stereocenters. The van der Waals surface area contributed by atoms with Gasteiger partial charge in [0, 0.05) is 11.8 Å². The number of hydrogen-bond acceptors (Lipinski definition) is 3. The molecule has 4 nitrogen and oxygen atoms in total. The molecule has 21 heavy (non-hydrogen) atoms. The molecule has 1 aromatic heterocycles. The third-order valence-corrected chi connectivity index (χ3v) is 3.02. The van der Waals surface area contributed by atoms with Crippen molar-refractivity contribution in [1.29, 1.82) is 0 Å². The van der Waals surface area contributed by atoms with E-state index in [0.717, 1.165) is 5.57 Å². The fraction of sp³-hybridized carbons (Fsp3) is 0.188. The Morgan fingerprint density at radius 3 is 2.86 bits per heavy atom. The van der Waals surface area contributed by atoms with Gasteiger partial charge in [0.2, 0.25) is 0 Å². The highest BCUT2D eigenvalue weighted by Crippen LogP contribution is 2.28. The summed E-state index contributed by atoms with van der Waals surface area (Å²) < 4.78 is 10.5. The Morgan fingerprint density at radius 2 is 2.19 bits per heavy atom. The summed E-state index contributed by atoms with van der Waals surface area (Å²) in [6.07, 6.45) is 4.79. The van der Waals surface area contributed by atoms with Crippen LogP contribution in [-0.2, 0) is 0 Å². The second-order valence-electron chi connectivity index (χ2n) is 4.70. The van der Waals surface area contributed by atoms with Gasteiger partial charge in [0.05, 0.1) is 16.8 Å². The Kier molecular flexibility index (Phi) is 5.06. The van der Waals surface area contributed by atoms with Crippen LogP contribution < -0.4 is 10.1 Å². The van der Waals surface area contributed by atoms with Gasteiger partial charge in [-0.05, 0) is 38.1 Å². The van der Waals surface area contributed by atoms with Gasteiger partial charge in [0.15, 0.2) is 0 Å². The number of hydrogen-bond donors (Lipinski definition) is 1. The molecule has 5 heteroatoms. The van der Waals surface area contributed by atoms with E-state index in [4.69, 9.17) is 20.8 Å². The zero-order valence-corrected chi connectivity index (χ0v) is 12.6. The lowest BCUT2D eigenvalue weighted by atomic mass is 10.2. The molecule has 1 heterocycles. The monoisotopic (exact) mass is 305 g/mol. The van der Waals surface area contributed by atoms with Crippen molar-refractivity contribution < 1.29 is 13.9 Å². The zero-order chi connectivity index (χ0) is 15.2. The second kappa shape index (κ2) is 6.99. The maximum absolute atomic E-state index is 11.9. The lowest BCUT2D eigenvalue weighted by molar-refractivity contribution is 0.102. The van der Waals surface area contributed by atoms with Crippen molar-refractivity contribution in [3.8, 4) is 5.75 Å². The quantitative estimate of drug-likeness (QED) is 0.826. The first-order valence-corrected chi connectivity index (χ1v) is 6.83. The summed E-state index contributed by atoms with van der Waals surface area (Å²) in [4.78, 5) is 11.9.